The molecule has 0 fully saturated rings. The van der Waals surface area contributed by atoms with E-state index in [-0.39, 0.29) is 0 Å². The van der Waals surface area contributed by atoms with E-state index in [9.17, 15) is 0 Å². The molecular weight excluding hydrogens is 186 g/mol. The van der Waals surface area contributed by atoms with Gasteiger partial charge in [0.05, 0.1) is 13.2 Å². The molecule has 0 aliphatic heterocycles. The lowest BCUT2D eigenvalue weighted by Gasteiger charge is -2.00. The second-order valence-corrected chi connectivity index (χ2v) is 3.34. The van der Waals surface area contributed by atoms with E-state index in [1.807, 2.05) is 0 Å². The summed E-state index contributed by atoms with van der Waals surface area (Å²) < 4.78 is 5.20. The summed E-state index contributed by atoms with van der Waals surface area (Å²) in [4.78, 5) is 8.14. The van der Waals surface area contributed by atoms with E-state index in [1.165, 1.54) is 0 Å². The fourth-order valence-corrected chi connectivity index (χ4v) is 1.39. The molecule has 0 saturated carbocycles. The molecule has 0 unspecified atom stereocenters. The second-order valence-electron chi connectivity index (χ2n) is 2.28. The zero-order valence-electron chi connectivity index (χ0n) is 7.35. The average Bonchev–Trinajstić information content (AvgIpc) is 2.19. The predicted octanol–water partition coefficient (Wildman–Crippen LogP) is 0.544. The van der Waals surface area contributed by atoms with Crippen LogP contribution in [0.4, 0.5) is 0 Å². The normalized spacial score (nSPS) is 10.2. The largest absolute Gasteiger partial charge is 0.379 e. The monoisotopic (exact) mass is 199 g/mol. The number of rotatable bonds is 6. The molecule has 0 amide bonds. The van der Waals surface area contributed by atoms with Gasteiger partial charge in [0, 0.05) is 24.7 Å². The van der Waals surface area contributed by atoms with Crippen molar-refractivity contribution in [1.29, 1.82) is 0 Å². The summed E-state index contributed by atoms with van der Waals surface area (Å²) in [5, 5.41) is 0.791. The Kier molecular flexibility index (Phi) is 5.47. The fraction of sp³-hybridized carbons (Fsp3) is 0.500. The van der Waals surface area contributed by atoms with Crippen LogP contribution in [0.25, 0.3) is 0 Å². The van der Waals surface area contributed by atoms with Crippen molar-refractivity contribution in [3.63, 3.8) is 0 Å². The summed E-state index contributed by atoms with van der Waals surface area (Å²) in [5.74, 6) is 0.865. The lowest BCUT2D eigenvalue weighted by molar-refractivity contribution is 0.158. The number of hydrogen-bond donors (Lipinski definition) is 1. The third kappa shape index (κ3) is 4.82. The van der Waals surface area contributed by atoms with Gasteiger partial charge in [-0.15, -0.1) is 0 Å². The van der Waals surface area contributed by atoms with E-state index < -0.39 is 0 Å². The van der Waals surface area contributed by atoms with Gasteiger partial charge in [-0.25, -0.2) is 9.97 Å². The summed E-state index contributed by atoms with van der Waals surface area (Å²) in [7, 11) is 0. The van der Waals surface area contributed by atoms with Crippen LogP contribution in [-0.4, -0.2) is 35.5 Å². The maximum Gasteiger partial charge on any atom is 0.187 e. The maximum absolute atomic E-state index is 5.27. The zero-order valence-corrected chi connectivity index (χ0v) is 8.17. The molecule has 0 atom stereocenters. The van der Waals surface area contributed by atoms with Crippen LogP contribution in [0.5, 0.6) is 0 Å². The molecule has 0 saturated heterocycles. The Labute approximate surface area is 81.9 Å². The Bertz CT molecular complexity index is 220. The van der Waals surface area contributed by atoms with Crippen LogP contribution in [0.15, 0.2) is 23.6 Å². The van der Waals surface area contributed by atoms with Gasteiger partial charge in [-0.05, 0) is 6.07 Å². The summed E-state index contributed by atoms with van der Waals surface area (Å²) in [6.45, 7) is 1.89. The van der Waals surface area contributed by atoms with Crippen molar-refractivity contribution >= 4 is 11.8 Å². The van der Waals surface area contributed by atoms with Crippen molar-refractivity contribution in [3.05, 3.63) is 18.5 Å². The van der Waals surface area contributed by atoms with Crippen LogP contribution in [0.2, 0.25) is 0 Å². The highest BCUT2D eigenvalue weighted by Crippen LogP contribution is 2.09. The van der Waals surface area contributed by atoms with Gasteiger partial charge in [-0.3, -0.25) is 0 Å². The number of nitrogens with two attached hydrogens (primary N) is 1. The van der Waals surface area contributed by atoms with E-state index in [2.05, 4.69) is 9.97 Å². The SMILES string of the molecule is NCCOCCSc1ncccn1. The Morgan fingerprint density at radius 1 is 1.31 bits per heavy atom. The molecule has 0 aliphatic rings. The molecule has 13 heavy (non-hydrogen) atoms. The minimum Gasteiger partial charge on any atom is -0.379 e. The minimum atomic E-state index is 0.576. The van der Waals surface area contributed by atoms with Crippen molar-refractivity contribution in [2.45, 2.75) is 5.16 Å². The Morgan fingerprint density at radius 2 is 2.08 bits per heavy atom. The Balaban J connectivity index is 2.07. The van der Waals surface area contributed by atoms with Gasteiger partial charge < -0.3 is 10.5 Å². The average molecular weight is 199 g/mol. The highest BCUT2D eigenvalue weighted by Gasteiger charge is 1.94. The first-order valence-electron chi connectivity index (χ1n) is 4.11. The third-order valence-electron chi connectivity index (χ3n) is 1.26. The molecule has 0 spiro atoms. The molecule has 1 aromatic heterocycles. The topological polar surface area (TPSA) is 61.0 Å². The molecule has 1 rings (SSSR count). The van der Waals surface area contributed by atoms with Crippen molar-refractivity contribution < 1.29 is 4.74 Å². The lowest BCUT2D eigenvalue weighted by atomic mass is 10.7. The molecule has 72 valence electrons. The molecular formula is C8H13N3OS. The summed E-state index contributed by atoms with van der Waals surface area (Å²) >= 11 is 1.58. The van der Waals surface area contributed by atoms with E-state index in [0.717, 1.165) is 10.9 Å². The molecule has 2 N–H and O–H groups in total. The van der Waals surface area contributed by atoms with Crippen LogP contribution >= 0.6 is 11.8 Å². The van der Waals surface area contributed by atoms with Gasteiger partial charge in [0.25, 0.3) is 0 Å². The number of nitrogens with zero attached hydrogens (tertiary/aromatic N) is 2. The van der Waals surface area contributed by atoms with Crippen LogP contribution < -0.4 is 5.73 Å². The smallest absolute Gasteiger partial charge is 0.187 e. The van der Waals surface area contributed by atoms with Crippen molar-refractivity contribution in [3.8, 4) is 0 Å². The number of thioether (sulfide) groups is 1. The Hall–Kier alpha value is -0.650. The number of ether oxygens (including phenoxy) is 1. The number of hydrogen-bond acceptors (Lipinski definition) is 5. The highest BCUT2D eigenvalue weighted by atomic mass is 32.2. The molecule has 5 heteroatoms. The van der Waals surface area contributed by atoms with Crippen LogP contribution in [-0.2, 0) is 4.74 Å². The standard InChI is InChI=1S/C8H13N3OS/c9-2-5-12-6-7-13-8-10-3-1-4-11-8/h1,3-4H,2,5-7,9H2. The summed E-state index contributed by atoms with van der Waals surface area (Å²) in [5.41, 5.74) is 5.27. The van der Waals surface area contributed by atoms with Crippen molar-refractivity contribution in [1.82, 2.24) is 9.97 Å². The maximum atomic E-state index is 5.27. The highest BCUT2D eigenvalue weighted by molar-refractivity contribution is 7.99. The summed E-state index contributed by atoms with van der Waals surface area (Å²) in [6, 6.07) is 1.80. The third-order valence-corrected chi connectivity index (χ3v) is 2.10. The fourth-order valence-electron chi connectivity index (χ4n) is 0.737. The molecule has 0 aromatic carbocycles. The molecule has 1 heterocycles. The van der Waals surface area contributed by atoms with Crippen LogP contribution in [0.1, 0.15) is 0 Å². The minimum absolute atomic E-state index is 0.576. The van der Waals surface area contributed by atoms with Crippen molar-refractivity contribution in [2.75, 3.05) is 25.5 Å². The first-order chi connectivity index (χ1) is 6.43. The molecule has 1 aromatic rings. The van der Waals surface area contributed by atoms with E-state index >= 15 is 0 Å². The zero-order chi connectivity index (χ0) is 9.36. The molecule has 4 nitrogen and oxygen atoms in total. The van der Waals surface area contributed by atoms with Gasteiger partial charge in [0.1, 0.15) is 0 Å². The van der Waals surface area contributed by atoms with Gasteiger partial charge in [-0.1, -0.05) is 11.8 Å². The quantitative estimate of drug-likeness (QED) is 0.412. The Morgan fingerprint density at radius 3 is 2.77 bits per heavy atom. The first-order valence-corrected chi connectivity index (χ1v) is 5.09. The van der Waals surface area contributed by atoms with Crippen molar-refractivity contribution in [2.24, 2.45) is 5.73 Å². The van der Waals surface area contributed by atoms with E-state index in [1.54, 1.807) is 30.2 Å². The van der Waals surface area contributed by atoms with Gasteiger partial charge in [0.2, 0.25) is 0 Å². The molecule has 0 bridgehead atoms. The van der Waals surface area contributed by atoms with Crippen LogP contribution in [0, 0.1) is 0 Å². The predicted molar refractivity (Wildman–Crippen MR) is 52.6 cm³/mol. The number of aromatic nitrogens is 2. The van der Waals surface area contributed by atoms with Gasteiger partial charge in [0.15, 0.2) is 5.16 Å². The first kappa shape index (κ1) is 10.4. The van der Waals surface area contributed by atoms with E-state index in [4.69, 9.17) is 10.5 Å². The lowest BCUT2D eigenvalue weighted by Crippen LogP contribution is -2.09. The second kappa shape index (κ2) is 6.82. The van der Waals surface area contributed by atoms with Gasteiger partial charge >= 0.3 is 0 Å². The van der Waals surface area contributed by atoms with E-state index in [0.29, 0.717) is 19.8 Å². The molecule has 0 aliphatic carbocycles. The van der Waals surface area contributed by atoms with Crippen LogP contribution in [0.3, 0.4) is 0 Å². The summed E-state index contributed by atoms with van der Waals surface area (Å²) in [6.07, 6.45) is 3.46. The molecule has 0 radical (unpaired) electrons. The van der Waals surface area contributed by atoms with Gasteiger partial charge in [-0.2, -0.15) is 0 Å².